The second kappa shape index (κ2) is 19.5. The SMILES string of the molecule is CCc1cc(Nc2cc(=O)n(CCCCN3CCN(c4cc5c(cc4F)c(=O)c(C(=O)OCCN4CCOCC4)cn5C4CC4)C[C@@H]3C)c(=O)[nH]2)ccc1C.Cl.Cl. The zero-order valence-electron chi connectivity index (χ0n) is 32.9. The van der Waals surface area contributed by atoms with Crippen molar-refractivity contribution >= 4 is 58.9 Å². The Labute approximate surface area is 343 Å². The van der Waals surface area contributed by atoms with Gasteiger partial charge < -0.3 is 24.3 Å². The number of H-pyrrole nitrogens is 1. The average molecular weight is 831 g/mol. The molecule has 0 amide bonds. The predicted molar refractivity (Wildman–Crippen MR) is 226 cm³/mol. The van der Waals surface area contributed by atoms with Gasteiger partial charge in [-0.05, 0) is 87.9 Å². The van der Waals surface area contributed by atoms with Crippen LogP contribution in [-0.2, 0) is 22.4 Å². The number of morpholine rings is 1. The molecule has 0 radical (unpaired) electrons. The fourth-order valence-corrected chi connectivity index (χ4v) is 7.79. The molecular weight excluding hydrogens is 776 g/mol. The van der Waals surface area contributed by atoms with Crippen LogP contribution in [-0.4, -0.2) is 102 Å². The number of hydrogen-bond donors (Lipinski definition) is 2. The molecule has 57 heavy (non-hydrogen) atoms. The second-order valence-electron chi connectivity index (χ2n) is 15.1. The number of aryl methyl sites for hydroxylation is 2. The molecule has 2 aliphatic heterocycles. The summed E-state index contributed by atoms with van der Waals surface area (Å²) in [5, 5.41) is 3.34. The smallest absolute Gasteiger partial charge is 0.343 e. The standard InChI is InChI=1S/C41H52FN7O6.2ClH/c1-4-29-21-30(8-7-27(29)2)43-37-24-38(50)48(41(53)44-37)12-6-5-11-46-13-14-47(25-28(46)3)36-23-35-32(22-34(36)42)39(51)33(26-49(35)31-9-10-31)40(52)55-20-17-45-15-18-54-19-16-45;;/h7-8,21-24,26,28,31,43H,4-6,9-20,25H2,1-3H3,(H,44,53);2*1H/t28-;;/m0../s1. The lowest BCUT2D eigenvalue weighted by molar-refractivity contribution is 0.0195. The highest BCUT2D eigenvalue weighted by Gasteiger charge is 2.30. The molecule has 2 aromatic heterocycles. The van der Waals surface area contributed by atoms with Crippen LogP contribution in [0.15, 0.2) is 57.0 Å². The Bertz CT molecular complexity index is 2190. The number of unbranched alkanes of at least 4 members (excludes halogenated alkanes) is 1. The lowest BCUT2D eigenvalue weighted by Crippen LogP contribution is -2.52. The summed E-state index contributed by atoms with van der Waals surface area (Å²) in [6, 6.07) is 10.7. The predicted octanol–water partition coefficient (Wildman–Crippen LogP) is 5.26. The number of halogens is 3. The van der Waals surface area contributed by atoms with Crippen LogP contribution >= 0.6 is 24.8 Å². The highest BCUT2D eigenvalue weighted by molar-refractivity contribution is 5.94. The lowest BCUT2D eigenvalue weighted by atomic mass is 10.1. The van der Waals surface area contributed by atoms with Crippen molar-refractivity contribution in [2.75, 3.05) is 75.9 Å². The summed E-state index contributed by atoms with van der Waals surface area (Å²) in [5.74, 6) is -0.813. The quantitative estimate of drug-likeness (QED) is 0.128. The first-order chi connectivity index (χ1) is 26.6. The molecule has 1 saturated carbocycles. The summed E-state index contributed by atoms with van der Waals surface area (Å²) in [6.07, 6.45) is 5.77. The van der Waals surface area contributed by atoms with E-state index in [9.17, 15) is 19.2 Å². The van der Waals surface area contributed by atoms with E-state index >= 15 is 4.39 Å². The van der Waals surface area contributed by atoms with Gasteiger partial charge in [-0.1, -0.05) is 13.0 Å². The van der Waals surface area contributed by atoms with E-state index in [-0.39, 0.29) is 60.0 Å². The van der Waals surface area contributed by atoms with Gasteiger partial charge in [0.25, 0.3) is 5.56 Å². The highest BCUT2D eigenvalue weighted by Crippen LogP contribution is 2.38. The number of fused-ring (bicyclic) bond motifs is 1. The Hall–Kier alpha value is -4.21. The normalized spacial score (nSPS) is 17.5. The Morgan fingerprint density at radius 1 is 0.982 bits per heavy atom. The molecule has 2 N–H and O–H groups in total. The number of piperazine rings is 1. The van der Waals surface area contributed by atoms with Gasteiger partial charge in [-0.25, -0.2) is 14.0 Å². The van der Waals surface area contributed by atoms with Crippen molar-refractivity contribution in [3.8, 4) is 0 Å². The van der Waals surface area contributed by atoms with Crippen molar-refractivity contribution in [2.45, 2.75) is 71.5 Å². The number of pyridine rings is 1. The molecule has 16 heteroatoms. The molecule has 0 unspecified atom stereocenters. The van der Waals surface area contributed by atoms with Crippen LogP contribution in [0.5, 0.6) is 0 Å². The van der Waals surface area contributed by atoms with E-state index in [1.807, 2.05) is 27.7 Å². The van der Waals surface area contributed by atoms with E-state index in [2.05, 4.69) is 40.9 Å². The molecule has 2 aromatic carbocycles. The van der Waals surface area contributed by atoms with Crippen LogP contribution in [0.2, 0.25) is 0 Å². The first kappa shape index (κ1) is 43.9. The summed E-state index contributed by atoms with van der Waals surface area (Å²) in [7, 11) is 0. The zero-order chi connectivity index (χ0) is 38.6. The van der Waals surface area contributed by atoms with E-state index in [4.69, 9.17) is 9.47 Å². The third-order valence-electron chi connectivity index (χ3n) is 11.2. The maximum atomic E-state index is 15.9. The molecule has 4 heterocycles. The van der Waals surface area contributed by atoms with E-state index in [0.717, 1.165) is 51.0 Å². The monoisotopic (exact) mass is 829 g/mol. The summed E-state index contributed by atoms with van der Waals surface area (Å²) in [5.41, 5.74) is 2.90. The lowest BCUT2D eigenvalue weighted by Gasteiger charge is -2.41. The number of benzene rings is 2. The van der Waals surface area contributed by atoms with Gasteiger partial charge >= 0.3 is 11.7 Å². The summed E-state index contributed by atoms with van der Waals surface area (Å²) in [4.78, 5) is 61.7. The zero-order valence-corrected chi connectivity index (χ0v) is 34.5. The summed E-state index contributed by atoms with van der Waals surface area (Å²) in [6.45, 7) is 12.8. The van der Waals surface area contributed by atoms with Gasteiger partial charge in [0.1, 0.15) is 23.8 Å². The molecule has 3 fully saturated rings. The van der Waals surface area contributed by atoms with Gasteiger partial charge in [-0.15, -0.1) is 24.8 Å². The van der Waals surface area contributed by atoms with Gasteiger partial charge in [0.05, 0.1) is 24.4 Å². The molecule has 0 bridgehead atoms. The van der Waals surface area contributed by atoms with Crippen molar-refractivity contribution in [3.05, 3.63) is 96.2 Å². The molecule has 0 spiro atoms. The van der Waals surface area contributed by atoms with E-state index in [1.54, 1.807) is 12.3 Å². The Balaban J connectivity index is 0.00000310. The Morgan fingerprint density at radius 2 is 1.74 bits per heavy atom. The number of esters is 1. The van der Waals surface area contributed by atoms with Crippen molar-refractivity contribution in [1.82, 2.24) is 23.9 Å². The molecule has 1 atom stereocenters. The van der Waals surface area contributed by atoms with E-state index < -0.39 is 22.9 Å². The number of carbonyl (C=O) groups is 1. The highest BCUT2D eigenvalue weighted by atomic mass is 35.5. The van der Waals surface area contributed by atoms with Gasteiger partial charge in [0.15, 0.2) is 0 Å². The number of aromatic amines is 1. The molecule has 310 valence electrons. The van der Waals surface area contributed by atoms with Gasteiger partial charge in [-0.3, -0.25) is 28.9 Å². The summed E-state index contributed by atoms with van der Waals surface area (Å²) < 4.78 is 29.9. The number of hydrogen-bond acceptors (Lipinski definition) is 10. The molecular formula is C41H54Cl2FN7O6. The first-order valence-corrected chi connectivity index (χ1v) is 19.6. The van der Waals surface area contributed by atoms with Crippen LogP contribution in [0.25, 0.3) is 10.9 Å². The number of ether oxygens (including phenoxy) is 2. The van der Waals surface area contributed by atoms with Gasteiger partial charge in [0.2, 0.25) is 5.43 Å². The van der Waals surface area contributed by atoms with Crippen molar-refractivity contribution in [2.24, 2.45) is 0 Å². The number of rotatable bonds is 14. The minimum atomic E-state index is -0.683. The molecule has 2 saturated heterocycles. The fraction of sp³-hybridized carbons (Fsp3) is 0.512. The number of anilines is 3. The van der Waals surface area contributed by atoms with Crippen LogP contribution in [0.3, 0.4) is 0 Å². The van der Waals surface area contributed by atoms with Crippen LogP contribution in [0.1, 0.15) is 67.1 Å². The van der Waals surface area contributed by atoms with E-state index in [0.29, 0.717) is 69.4 Å². The summed E-state index contributed by atoms with van der Waals surface area (Å²) >= 11 is 0. The number of carbonyl (C=O) groups excluding carboxylic acids is 1. The fourth-order valence-electron chi connectivity index (χ4n) is 7.79. The average Bonchev–Trinajstić information content (AvgIpc) is 4.02. The maximum absolute atomic E-state index is 15.9. The number of nitrogens with zero attached hydrogens (tertiary/aromatic N) is 5. The van der Waals surface area contributed by atoms with Crippen LogP contribution < -0.4 is 26.9 Å². The van der Waals surface area contributed by atoms with Gasteiger partial charge in [-0.2, -0.15) is 0 Å². The van der Waals surface area contributed by atoms with Gasteiger partial charge in [0, 0.05) is 81.2 Å². The van der Waals surface area contributed by atoms with Crippen molar-refractivity contribution in [3.63, 3.8) is 0 Å². The third-order valence-corrected chi connectivity index (χ3v) is 11.2. The first-order valence-electron chi connectivity index (χ1n) is 19.6. The minimum absolute atomic E-state index is 0. The minimum Gasteiger partial charge on any atom is -0.461 e. The molecule has 13 nitrogen and oxygen atoms in total. The maximum Gasteiger partial charge on any atom is 0.343 e. The molecule has 3 aliphatic rings. The van der Waals surface area contributed by atoms with Crippen LogP contribution in [0.4, 0.5) is 21.6 Å². The van der Waals surface area contributed by atoms with Crippen molar-refractivity contribution < 1.29 is 18.7 Å². The van der Waals surface area contributed by atoms with E-state index in [1.165, 1.54) is 27.8 Å². The topological polar surface area (TPSA) is 134 Å². The molecule has 1 aliphatic carbocycles. The number of nitrogens with one attached hydrogen (secondary N) is 2. The molecule has 4 aromatic rings. The van der Waals surface area contributed by atoms with Crippen molar-refractivity contribution in [1.29, 1.82) is 0 Å². The Morgan fingerprint density at radius 3 is 2.44 bits per heavy atom. The largest absolute Gasteiger partial charge is 0.461 e. The second-order valence-corrected chi connectivity index (χ2v) is 15.1. The molecule has 7 rings (SSSR count). The van der Waals surface area contributed by atoms with Crippen LogP contribution in [0, 0.1) is 12.7 Å². The Kier molecular flexibility index (Phi) is 15.0. The number of aromatic nitrogens is 3. The third kappa shape index (κ3) is 10.3.